The van der Waals surface area contributed by atoms with E-state index in [0.717, 1.165) is 5.69 Å². The third-order valence-electron chi connectivity index (χ3n) is 4.07. The van der Waals surface area contributed by atoms with Crippen molar-refractivity contribution in [3.05, 3.63) is 66.9 Å². The van der Waals surface area contributed by atoms with Crippen LogP contribution in [0.5, 0.6) is 0 Å². The van der Waals surface area contributed by atoms with Crippen LogP contribution in [0.3, 0.4) is 0 Å². The van der Waals surface area contributed by atoms with Crippen molar-refractivity contribution in [2.75, 3.05) is 23.3 Å². The molecule has 0 aliphatic carbocycles. The second-order valence-electron chi connectivity index (χ2n) is 5.76. The lowest BCUT2D eigenvalue weighted by molar-refractivity contribution is 0.102. The van der Waals surface area contributed by atoms with Gasteiger partial charge in [-0.05, 0) is 36.4 Å². The molecule has 1 fully saturated rings. The number of carbonyl (C=O) groups is 2. The van der Waals surface area contributed by atoms with Gasteiger partial charge in [-0.3, -0.25) is 14.3 Å². The highest BCUT2D eigenvalue weighted by atomic mass is 16.2. The topological polar surface area (TPSA) is 92.2 Å². The van der Waals surface area contributed by atoms with Crippen LogP contribution >= 0.6 is 0 Å². The van der Waals surface area contributed by atoms with E-state index in [9.17, 15) is 9.59 Å². The number of aromatic nitrogens is 3. The fourth-order valence-corrected chi connectivity index (χ4v) is 2.71. The summed E-state index contributed by atoms with van der Waals surface area (Å²) in [7, 11) is 0. The van der Waals surface area contributed by atoms with E-state index in [0.29, 0.717) is 30.2 Å². The predicted molar refractivity (Wildman–Crippen MR) is 96.5 cm³/mol. The summed E-state index contributed by atoms with van der Waals surface area (Å²) in [5.74, 6) is 0.439. The number of carbonyl (C=O) groups excluding carboxylic acids is 2. The average Bonchev–Trinajstić information content (AvgIpc) is 3.34. The van der Waals surface area contributed by atoms with Gasteiger partial charge in [0.25, 0.3) is 5.91 Å². The standard InChI is InChI=1S/C18H16N6O2/c25-17(13-1-6-16(21-11-13)23-9-7-19-12-23)22-14-2-4-15(5-3-14)24-10-8-20-18(24)26/h1-7,9,11-12H,8,10H2,(H,20,26)(H,22,25). The maximum Gasteiger partial charge on any atom is 0.321 e. The molecule has 8 heteroatoms. The summed E-state index contributed by atoms with van der Waals surface area (Å²) >= 11 is 0. The number of amides is 3. The second kappa shape index (κ2) is 6.67. The first-order chi connectivity index (χ1) is 12.7. The SMILES string of the molecule is O=C(Nc1ccc(N2CCNC2=O)cc1)c1ccc(-n2ccnc2)nc1. The Morgan fingerprint density at radius 1 is 1.15 bits per heavy atom. The number of nitrogens with zero attached hydrogens (tertiary/aromatic N) is 4. The lowest BCUT2D eigenvalue weighted by Gasteiger charge is -2.14. The van der Waals surface area contributed by atoms with E-state index >= 15 is 0 Å². The van der Waals surface area contributed by atoms with Crippen LogP contribution in [0.25, 0.3) is 5.82 Å². The molecule has 0 bridgehead atoms. The van der Waals surface area contributed by atoms with Crippen LogP contribution in [0.4, 0.5) is 16.2 Å². The number of imidazole rings is 1. The molecule has 130 valence electrons. The van der Waals surface area contributed by atoms with Crippen LogP contribution in [0.1, 0.15) is 10.4 Å². The fourth-order valence-electron chi connectivity index (χ4n) is 2.71. The predicted octanol–water partition coefficient (Wildman–Crippen LogP) is 2.05. The minimum absolute atomic E-state index is 0.106. The van der Waals surface area contributed by atoms with Crippen molar-refractivity contribution in [2.24, 2.45) is 0 Å². The minimum Gasteiger partial charge on any atom is -0.336 e. The molecule has 26 heavy (non-hydrogen) atoms. The normalized spacial score (nSPS) is 13.5. The molecule has 3 aromatic rings. The number of urea groups is 1. The Morgan fingerprint density at radius 2 is 2.00 bits per heavy atom. The van der Waals surface area contributed by atoms with E-state index in [1.54, 1.807) is 64.6 Å². The Bertz CT molecular complexity index is 919. The molecule has 1 aliphatic rings. The summed E-state index contributed by atoms with van der Waals surface area (Å²) in [4.78, 5) is 33.9. The summed E-state index contributed by atoms with van der Waals surface area (Å²) in [6.07, 6.45) is 6.61. The van der Waals surface area contributed by atoms with Crippen LogP contribution in [0.2, 0.25) is 0 Å². The molecule has 3 heterocycles. The highest BCUT2D eigenvalue weighted by Crippen LogP contribution is 2.20. The number of hydrogen-bond donors (Lipinski definition) is 2. The Kier molecular flexibility index (Phi) is 4.06. The number of rotatable bonds is 4. The van der Waals surface area contributed by atoms with Crippen molar-refractivity contribution in [1.29, 1.82) is 0 Å². The molecule has 4 rings (SSSR count). The summed E-state index contributed by atoms with van der Waals surface area (Å²) in [5, 5.41) is 5.58. The van der Waals surface area contributed by atoms with E-state index in [-0.39, 0.29) is 11.9 Å². The molecule has 8 nitrogen and oxygen atoms in total. The molecular formula is C18H16N6O2. The van der Waals surface area contributed by atoms with E-state index in [4.69, 9.17) is 0 Å². The van der Waals surface area contributed by atoms with E-state index < -0.39 is 0 Å². The molecule has 2 aromatic heterocycles. The average molecular weight is 348 g/mol. The Balaban J connectivity index is 1.43. The number of nitrogens with one attached hydrogen (secondary N) is 2. The molecule has 2 N–H and O–H groups in total. The molecule has 0 radical (unpaired) electrons. The van der Waals surface area contributed by atoms with Crippen molar-refractivity contribution in [3.63, 3.8) is 0 Å². The van der Waals surface area contributed by atoms with Crippen molar-refractivity contribution in [2.45, 2.75) is 0 Å². The van der Waals surface area contributed by atoms with Crippen molar-refractivity contribution in [1.82, 2.24) is 19.9 Å². The number of anilines is 2. The lowest BCUT2D eigenvalue weighted by atomic mass is 10.2. The zero-order valence-corrected chi connectivity index (χ0v) is 13.8. The van der Waals surface area contributed by atoms with Gasteiger partial charge in [-0.25, -0.2) is 14.8 Å². The third-order valence-corrected chi connectivity index (χ3v) is 4.07. The quantitative estimate of drug-likeness (QED) is 0.755. The number of benzene rings is 1. The van der Waals surface area contributed by atoms with Crippen LogP contribution < -0.4 is 15.5 Å². The molecule has 1 saturated heterocycles. The molecule has 0 saturated carbocycles. The molecule has 0 atom stereocenters. The summed E-state index contributed by atoms with van der Waals surface area (Å²) in [5.41, 5.74) is 1.90. The molecule has 1 aromatic carbocycles. The molecule has 0 unspecified atom stereocenters. The second-order valence-corrected chi connectivity index (χ2v) is 5.76. The maximum absolute atomic E-state index is 12.4. The zero-order chi connectivity index (χ0) is 17.9. The van der Waals surface area contributed by atoms with Gasteiger partial charge in [0.15, 0.2) is 0 Å². The summed E-state index contributed by atoms with van der Waals surface area (Å²) in [6, 6.07) is 10.5. The van der Waals surface area contributed by atoms with Crippen molar-refractivity contribution in [3.8, 4) is 5.82 Å². The largest absolute Gasteiger partial charge is 0.336 e. The Hall–Kier alpha value is -3.68. The highest BCUT2D eigenvalue weighted by molar-refractivity contribution is 6.04. The molecule has 1 aliphatic heterocycles. The van der Waals surface area contributed by atoms with E-state index in [1.165, 1.54) is 6.20 Å². The maximum atomic E-state index is 12.4. The minimum atomic E-state index is -0.249. The first-order valence-electron chi connectivity index (χ1n) is 8.12. The Labute approximate surface area is 149 Å². The first kappa shape index (κ1) is 15.8. The fraction of sp³-hybridized carbons (Fsp3) is 0.111. The zero-order valence-electron chi connectivity index (χ0n) is 13.8. The highest BCUT2D eigenvalue weighted by Gasteiger charge is 2.20. The lowest BCUT2D eigenvalue weighted by Crippen LogP contribution is -2.27. The number of hydrogen-bond acceptors (Lipinski definition) is 4. The van der Waals surface area contributed by atoms with Gasteiger partial charge in [0.05, 0.1) is 5.56 Å². The van der Waals surface area contributed by atoms with Crippen LogP contribution in [0, 0.1) is 0 Å². The van der Waals surface area contributed by atoms with E-state index in [1.807, 2.05) is 0 Å². The third kappa shape index (κ3) is 3.12. The van der Waals surface area contributed by atoms with Crippen molar-refractivity contribution >= 4 is 23.3 Å². The van der Waals surface area contributed by atoms with Gasteiger partial charge in [0.1, 0.15) is 12.1 Å². The number of pyridine rings is 1. The van der Waals surface area contributed by atoms with Gasteiger partial charge in [0, 0.05) is 43.1 Å². The molecular weight excluding hydrogens is 332 g/mol. The van der Waals surface area contributed by atoms with Gasteiger partial charge < -0.3 is 10.6 Å². The first-order valence-corrected chi connectivity index (χ1v) is 8.12. The van der Waals surface area contributed by atoms with Crippen LogP contribution in [-0.4, -0.2) is 39.6 Å². The smallest absolute Gasteiger partial charge is 0.321 e. The van der Waals surface area contributed by atoms with Gasteiger partial charge in [-0.1, -0.05) is 0 Å². The van der Waals surface area contributed by atoms with E-state index in [2.05, 4.69) is 20.6 Å². The van der Waals surface area contributed by atoms with Crippen LogP contribution in [-0.2, 0) is 0 Å². The van der Waals surface area contributed by atoms with Gasteiger partial charge in [-0.15, -0.1) is 0 Å². The van der Waals surface area contributed by atoms with Gasteiger partial charge >= 0.3 is 6.03 Å². The van der Waals surface area contributed by atoms with Crippen molar-refractivity contribution < 1.29 is 9.59 Å². The molecule has 0 spiro atoms. The molecule has 3 amide bonds. The Morgan fingerprint density at radius 3 is 2.62 bits per heavy atom. The van der Waals surface area contributed by atoms with Crippen LogP contribution in [0.15, 0.2) is 61.3 Å². The summed E-state index contributed by atoms with van der Waals surface area (Å²) < 4.78 is 1.76. The van der Waals surface area contributed by atoms with Gasteiger partial charge in [-0.2, -0.15) is 0 Å². The monoisotopic (exact) mass is 348 g/mol. The van der Waals surface area contributed by atoms with Gasteiger partial charge in [0.2, 0.25) is 0 Å². The summed E-state index contributed by atoms with van der Waals surface area (Å²) in [6.45, 7) is 1.28.